The molecule has 0 saturated heterocycles. The van der Waals surface area contributed by atoms with Gasteiger partial charge in [0.1, 0.15) is 0 Å². The number of hydrogen-bond donors (Lipinski definition) is 0. The zero-order valence-corrected chi connectivity index (χ0v) is 21.2. The smallest absolute Gasteiger partial charge is 0.338 e. The summed E-state index contributed by atoms with van der Waals surface area (Å²) in [7, 11) is 0. The fourth-order valence-corrected chi connectivity index (χ4v) is 3.99. The minimum Gasteiger partial charge on any atom is -0.462 e. The molecule has 1 aromatic carbocycles. The minimum absolute atomic E-state index is 0.210. The standard InChI is InChI=1S/C28H46O4/c1-6-7-8-9-10-11-12-13-14-15-20-31-26(29)24-16-18-25(19-17-24)27(30)32-22-23(2)21-28(3,4)5/h16-19,23H,6-15,20-22H2,1-5H3. The Balaban J connectivity index is 2.20. The highest BCUT2D eigenvalue weighted by atomic mass is 16.5. The SMILES string of the molecule is CCCCCCCCCCCCOC(=O)c1ccc(C(=O)OCC(C)CC(C)(C)C)cc1. The fourth-order valence-electron chi connectivity index (χ4n) is 3.99. The first-order valence-corrected chi connectivity index (χ1v) is 12.7. The van der Waals surface area contributed by atoms with Gasteiger partial charge in [0.25, 0.3) is 0 Å². The van der Waals surface area contributed by atoms with Gasteiger partial charge in [0.05, 0.1) is 24.3 Å². The van der Waals surface area contributed by atoms with E-state index in [4.69, 9.17) is 9.47 Å². The lowest BCUT2D eigenvalue weighted by molar-refractivity contribution is 0.0418. The molecular formula is C28H46O4. The third-order valence-corrected chi connectivity index (χ3v) is 5.55. The van der Waals surface area contributed by atoms with Crippen molar-refractivity contribution in [3.8, 4) is 0 Å². The van der Waals surface area contributed by atoms with Crippen LogP contribution in [-0.4, -0.2) is 25.2 Å². The molecule has 0 amide bonds. The Morgan fingerprint density at radius 1 is 0.750 bits per heavy atom. The molecule has 32 heavy (non-hydrogen) atoms. The van der Waals surface area contributed by atoms with Crippen molar-refractivity contribution in [2.75, 3.05) is 13.2 Å². The van der Waals surface area contributed by atoms with Crippen molar-refractivity contribution in [3.63, 3.8) is 0 Å². The highest BCUT2D eigenvalue weighted by Crippen LogP contribution is 2.24. The predicted octanol–water partition coefficient (Wildman–Crippen LogP) is 7.99. The monoisotopic (exact) mass is 446 g/mol. The van der Waals surface area contributed by atoms with Crippen LogP contribution >= 0.6 is 0 Å². The zero-order valence-electron chi connectivity index (χ0n) is 21.2. The third-order valence-electron chi connectivity index (χ3n) is 5.55. The van der Waals surface area contributed by atoms with Gasteiger partial charge >= 0.3 is 11.9 Å². The van der Waals surface area contributed by atoms with Crippen molar-refractivity contribution in [3.05, 3.63) is 35.4 Å². The van der Waals surface area contributed by atoms with Gasteiger partial charge in [-0.3, -0.25) is 0 Å². The highest BCUT2D eigenvalue weighted by molar-refractivity contribution is 5.93. The number of esters is 2. The maximum absolute atomic E-state index is 12.2. The molecule has 182 valence electrons. The molecule has 1 atom stereocenters. The van der Waals surface area contributed by atoms with E-state index < -0.39 is 0 Å². The molecule has 0 saturated carbocycles. The summed E-state index contributed by atoms with van der Waals surface area (Å²) in [5.74, 6) is -0.380. The van der Waals surface area contributed by atoms with E-state index in [1.165, 1.54) is 51.4 Å². The minimum atomic E-state index is -0.351. The number of hydrogen-bond acceptors (Lipinski definition) is 4. The Hall–Kier alpha value is -1.84. The number of carbonyl (C=O) groups excluding carboxylic acids is 2. The van der Waals surface area contributed by atoms with E-state index in [0.29, 0.717) is 30.3 Å². The van der Waals surface area contributed by atoms with Crippen LogP contribution in [-0.2, 0) is 9.47 Å². The van der Waals surface area contributed by atoms with Crippen molar-refractivity contribution in [2.45, 2.75) is 105 Å². The molecule has 0 fully saturated rings. The molecule has 1 unspecified atom stereocenters. The predicted molar refractivity (Wildman–Crippen MR) is 132 cm³/mol. The third kappa shape index (κ3) is 13.5. The summed E-state index contributed by atoms with van der Waals surface area (Å²) in [6, 6.07) is 6.54. The highest BCUT2D eigenvalue weighted by Gasteiger charge is 2.17. The van der Waals surface area contributed by atoms with E-state index in [-0.39, 0.29) is 17.4 Å². The molecule has 1 rings (SSSR count). The molecule has 4 nitrogen and oxygen atoms in total. The summed E-state index contributed by atoms with van der Waals surface area (Å²) in [4.78, 5) is 24.4. The lowest BCUT2D eigenvalue weighted by Crippen LogP contribution is -2.18. The van der Waals surface area contributed by atoms with Crippen LogP contribution in [0.4, 0.5) is 0 Å². The first kappa shape index (κ1) is 28.2. The van der Waals surface area contributed by atoms with Crippen LogP contribution in [0.2, 0.25) is 0 Å². The molecule has 0 aromatic heterocycles. The lowest BCUT2D eigenvalue weighted by Gasteiger charge is -2.22. The molecule has 0 aliphatic carbocycles. The van der Waals surface area contributed by atoms with Gasteiger partial charge in [-0.2, -0.15) is 0 Å². The molecular weight excluding hydrogens is 400 g/mol. The fraction of sp³-hybridized carbons (Fsp3) is 0.714. The molecule has 0 N–H and O–H groups in total. The van der Waals surface area contributed by atoms with Crippen molar-refractivity contribution in [1.29, 1.82) is 0 Å². The van der Waals surface area contributed by atoms with Gasteiger partial charge in [-0.15, -0.1) is 0 Å². The number of benzene rings is 1. The summed E-state index contributed by atoms with van der Waals surface area (Å²) in [5, 5.41) is 0. The van der Waals surface area contributed by atoms with Crippen molar-refractivity contribution < 1.29 is 19.1 Å². The van der Waals surface area contributed by atoms with E-state index >= 15 is 0 Å². The van der Waals surface area contributed by atoms with Gasteiger partial charge in [-0.05, 0) is 48.4 Å². The molecule has 0 radical (unpaired) electrons. The van der Waals surface area contributed by atoms with Gasteiger partial charge in [-0.1, -0.05) is 92.4 Å². The van der Waals surface area contributed by atoms with Gasteiger partial charge in [-0.25, -0.2) is 9.59 Å². The maximum Gasteiger partial charge on any atom is 0.338 e. The average Bonchev–Trinajstić information content (AvgIpc) is 2.74. The second-order valence-electron chi connectivity index (χ2n) is 10.4. The van der Waals surface area contributed by atoms with E-state index in [9.17, 15) is 9.59 Å². The van der Waals surface area contributed by atoms with Crippen molar-refractivity contribution >= 4 is 11.9 Å². The molecule has 0 heterocycles. The first-order chi connectivity index (χ1) is 15.2. The van der Waals surface area contributed by atoms with Crippen LogP contribution in [0, 0.1) is 11.3 Å². The second kappa shape index (κ2) is 15.9. The van der Waals surface area contributed by atoms with Crippen molar-refractivity contribution in [1.82, 2.24) is 0 Å². The summed E-state index contributed by atoms with van der Waals surface area (Å²) in [5.41, 5.74) is 1.13. The van der Waals surface area contributed by atoms with Crippen molar-refractivity contribution in [2.24, 2.45) is 11.3 Å². The Bertz CT molecular complexity index is 642. The van der Waals surface area contributed by atoms with E-state index in [1.54, 1.807) is 24.3 Å². The van der Waals surface area contributed by atoms with Gasteiger partial charge in [0, 0.05) is 0 Å². The normalized spacial score (nSPS) is 12.4. The topological polar surface area (TPSA) is 52.6 Å². The van der Waals surface area contributed by atoms with E-state index in [1.807, 2.05) is 0 Å². The largest absolute Gasteiger partial charge is 0.462 e. The van der Waals surface area contributed by atoms with Gasteiger partial charge in [0.15, 0.2) is 0 Å². The molecule has 0 spiro atoms. The number of carbonyl (C=O) groups is 2. The quantitative estimate of drug-likeness (QED) is 0.191. The summed E-state index contributed by atoms with van der Waals surface area (Å²) in [6.45, 7) is 11.7. The van der Waals surface area contributed by atoms with Crippen LogP contribution in [0.3, 0.4) is 0 Å². The Morgan fingerprint density at radius 3 is 1.66 bits per heavy atom. The lowest BCUT2D eigenvalue weighted by atomic mass is 9.86. The van der Waals surface area contributed by atoms with E-state index in [0.717, 1.165) is 19.3 Å². The van der Waals surface area contributed by atoms with Gasteiger partial charge in [0.2, 0.25) is 0 Å². The van der Waals surface area contributed by atoms with Gasteiger partial charge < -0.3 is 9.47 Å². The van der Waals surface area contributed by atoms with Crippen LogP contribution in [0.1, 0.15) is 126 Å². The first-order valence-electron chi connectivity index (χ1n) is 12.7. The van der Waals surface area contributed by atoms with Crippen LogP contribution in [0.15, 0.2) is 24.3 Å². The van der Waals surface area contributed by atoms with Crippen LogP contribution < -0.4 is 0 Å². The second-order valence-corrected chi connectivity index (χ2v) is 10.4. The summed E-state index contributed by atoms with van der Waals surface area (Å²) >= 11 is 0. The Kier molecular flexibility index (Phi) is 14.0. The molecule has 4 heteroatoms. The zero-order chi connectivity index (χ0) is 23.8. The number of rotatable bonds is 16. The maximum atomic E-state index is 12.2. The Morgan fingerprint density at radius 2 is 1.19 bits per heavy atom. The summed E-state index contributed by atoms with van der Waals surface area (Å²) in [6.07, 6.45) is 13.5. The van der Waals surface area contributed by atoms with Crippen LogP contribution in [0.5, 0.6) is 0 Å². The molecule has 0 aliphatic rings. The average molecular weight is 447 g/mol. The summed E-state index contributed by atoms with van der Waals surface area (Å²) < 4.78 is 10.8. The van der Waals surface area contributed by atoms with Crippen LogP contribution in [0.25, 0.3) is 0 Å². The molecule has 0 aliphatic heterocycles. The number of ether oxygens (including phenoxy) is 2. The van der Waals surface area contributed by atoms with E-state index in [2.05, 4.69) is 34.6 Å². The molecule has 0 bridgehead atoms. The number of unbranched alkanes of at least 4 members (excludes halogenated alkanes) is 9. The molecule has 1 aromatic rings. The Labute approximate surface area is 196 Å².